The first-order valence-corrected chi connectivity index (χ1v) is 15.1. The lowest BCUT2D eigenvalue weighted by atomic mass is 9.98. The Hall–Kier alpha value is -4.67. The van der Waals surface area contributed by atoms with Crippen molar-refractivity contribution in [3.05, 3.63) is 71.1 Å². The summed E-state index contributed by atoms with van der Waals surface area (Å²) in [6.07, 6.45) is -5.57. The third-order valence-electron chi connectivity index (χ3n) is 6.70. The largest absolute Gasteiger partial charge is 0.569 e. The van der Waals surface area contributed by atoms with Gasteiger partial charge in [-0.25, -0.2) is 17.8 Å². The lowest BCUT2D eigenvalue weighted by Crippen LogP contribution is -2.52. The average molecular weight is 655 g/mol. The van der Waals surface area contributed by atoms with E-state index in [9.17, 15) is 36.4 Å². The number of hydrazine groups is 1. The number of carbonyl (C=O) groups excluding carboxylic acids is 2. The summed E-state index contributed by atoms with van der Waals surface area (Å²) in [4.78, 5) is 28.6. The Morgan fingerprint density at radius 3 is 2.27 bits per heavy atom. The molecule has 45 heavy (non-hydrogen) atoms. The van der Waals surface area contributed by atoms with Crippen molar-refractivity contribution in [2.45, 2.75) is 64.4 Å². The minimum absolute atomic E-state index is 0.0806. The van der Waals surface area contributed by atoms with Crippen molar-refractivity contribution in [2.75, 3.05) is 7.05 Å². The molecule has 1 unspecified atom stereocenters. The van der Waals surface area contributed by atoms with Gasteiger partial charge in [-0.2, -0.15) is 18.3 Å². The molecule has 2 aromatic carbocycles. The number of likely N-dealkylation sites (N-methyl/N-ethyl adjacent to an activating group) is 1. The fraction of sp³-hybridized carbons (Fsp3) is 0.393. The van der Waals surface area contributed by atoms with Crippen molar-refractivity contribution in [1.29, 1.82) is 0 Å². The monoisotopic (exact) mass is 654 g/mol. The molecule has 1 heterocycles. The van der Waals surface area contributed by atoms with Gasteiger partial charge in [-0.1, -0.05) is 50.1 Å². The van der Waals surface area contributed by atoms with E-state index in [0.29, 0.717) is 12.0 Å². The van der Waals surface area contributed by atoms with Crippen LogP contribution in [-0.2, 0) is 35.4 Å². The molecule has 0 aliphatic rings. The fourth-order valence-electron chi connectivity index (χ4n) is 4.21. The van der Waals surface area contributed by atoms with E-state index in [2.05, 4.69) is 10.4 Å². The molecular formula is C28H33F3N6O7S. The third-order valence-corrected chi connectivity index (χ3v) is 8.06. The summed E-state index contributed by atoms with van der Waals surface area (Å²) in [6, 6.07) is 11.0. The van der Waals surface area contributed by atoms with E-state index >= 15 is 0 Å². The highest BCUT2D eigenvalue weighted by Gasteiger charge is 2.37. The summed E-state index contributed by atoms with van der Waals surface area (Å²) in [5.74, 6) is -2.28. The Kier molecular flexibility index (Phi) is 10.8. The number of rotatable bonds is 12. The van der Waals surface area contributed by atoms with E-state index in [0.717, 1.165) is 40.4 Å². The van der Waals surface area contributed by atoms with Crippen molar-refractivity contribution in [3.8, 4) is 16.9 Å². The Balaban J connectivity index is 1.88. The maximum atomic E-state index is 13.5. The van der Waals surface area contributed by atoms with E-state index in [4.69, 9.17) is 9.57 Å². The van der Waals surface area contributed by atoms with Crippen molar-refractivity contribution >= 4 is 21.9 Å². The number of carbonyl (C=O) groups is 2. The fourth-order valence-corrected chi connectivity index (χ4v) is 5.21. The first-order valence-electron chi connectivity index (χ1n) is 13.6. The number of esters is 1. The average Bonchev–Trinajstić information content (AvgIpc) is 3.42. The van der Waals surface area contributed by atoms with Gasteiger partial charge in [0.25, 0.3) is 22.2 Å². The van der Waals surface area contributed by atoms with Crippen LogP contribution in [0.4, 0.5) is 13.2 Å². The van der Waals surface area contributed by atoms with Gasteiger partial charge >= 0.3 is 12.1 Å². The van der Waals surface area contributed by atoms with Crippen LogP contribution in [0.5, 0.6) is 0 Å². The molecule has 3 aromatic rings. The minimum atomic E-state index is -4.72. The highest BCUT2D eigenvalue weighted by atomic mass is 32.2. The molecule has 0 aliphatic heterocycles. The predicted octanol–water partition coefficient (Wildman–Crippen LogP) is 4.74. The molecule has 0 spiro atoms. The number of nitrogens with zero attached hydrogens (tertiary/aromatic N) is 5. The SMILES string of the molecule is CC[C@@H](C)[C@@H](C(=O)NS(=O)(=O)c1ccc(-n2nc(C(F)(F)F)cc2-c2ccc(C)cc2)cc1)N(C)/[N+]([O-])=N\OC(C)OC(C)=O. The van der Waals surface area contributed by atoms with Crippen molar-refractivity contribution in [2.24, 2.45) is 11.2 Å². The molecule has 1 aromatic heterocycles. The first-order chi connectivity index (χ1) is 20.9. The van der Waals surface area contributed by atoms with Crippen molar-refractivity contribution in [1.82, 2.24) is 19.5 Å². The van der Waals surface area contributed by atoms with Crippen LogP contribution < -0.4 is 4.72 Å². The molecule has 0 fully saturated rings. The van der Waals surface area contributed by atoms with Crippen LogP contribution in [0.15, 0.2) is 64.8 Å². The Labute approximate surface area is 257 Å². The molecule has 1 N–H and O–H groups in total. The zero-order chi connectivity index (χ0) is 33.7. The number of alkyl halides is 3. The maximum absolute atomic E-state index is 13.5. The number of benzene rings is 2. The second kappa shape index (κ2) is 14.0. The van der Waals surface area contributed by atoms with Gasteiger partial charge in [0.15, 0.2) is 11.7 Å². The minimum Gasteiger partial charge on any atom is -0.569 e. The van der Waals surface area contributed by atoms with Gasteiger partial charge in [0.1, 0.15) is 0 Å². The van der Waals surface area contributed by atoms with E-state index in [1.807, 2.05) is 11.6 Å². The summed E-state index contributed by atoms with van der Waals surface area (Å²) in [6.45, 7) is 7.60. The maximum Gasteiger partial charge on any atom is 0.435 e. The van der Waals surface area contributed by atoms with E-state index in [-0.39, 0.29) is 21.2 Å². The topological polar surface area (TPSA) is 158 Å². The molecule has 0 saturated carbocycles. The molecule has 13 nitrogen and oxygen atoms in total. The third kappa shape index (κ3) is 8.71. The predicted molar refractivity (Wildman–Crippen MR) is 153 cm³/mol. The van der Waals surface area contributed by atoms with Crippen LogP contribution in [0.2, 0.25) is 0 Å². The molecule has 17 heteroatoms. The second-order valence-corrected chi connectivity index (χ2v) is 11.9. The number of amides is 1. The van der Waals surface area contributed by atoms with Gasteiger partial charge in [-0.05, 0) is 43.2 Å². The summed E-state index contributed by atoms with van der Waals surface area (Å²) in [5, 5.41) is 20.3. The molecular weight excluding hydrogens is 621 g/mol. The molecule has 0 bridgehead atoms. The van der Waals surface area contributed by atoms with Gasteiger partial charge in [0, 0.05) is 19.4 Å². The van der Waals surface area contributed by atoms with Gasteiger partial charge in [0.2, 0.25) is 5.28 Å². The molecule has 3 rings (SSSR count). The quantitative estimate of drug-likeness (QED) is 0.0958. The Morgan fingerprint density at radius 1 is 1.13 bits per heavy atom. The summed E-state index contributed by atoms with van der Waals surface area (Å²) < 4.78 is 74.7. The number of hydrogen-bond donors (Lipinski definition) is 1. The highest BCUT2D eigenvalue weighted by molar-refractivity contribution is 7.90. The van der Waals surface area contributed by atoms with Gasteiger partial charge in [0.05, 0.1) is 28.3 Å². The van der Waals surface area contributed by atoms with Gasteiger partial charge in [-0.3, -0.25) is 14.4 Å². The standard InChI is InChI=1S/C28H33F3N6O7S/c1-7-18(3)26(35(6)37(40)34-44-20(5)43-19(4)38)27(39)33-45(41,42)23-14-12-22(13-15-23)36-24(16-25(32-36)28(29,30)31)21-10-8-17(2)9-11-21/h8-16,18,20,26H,7H2,1-6H3,(H,33,39)/b37-34+/t18-,20?,26+/m1/s1. The lowest BCUT2D eigenvalue weighted by Gasteiger charge is -2.27. The normalized spacial score (nSPS) is 14.3. The van der Waals surface area contributed by atoms with Crippen LogP contribution in [0.25, 0.3) is 16.9 Å². The molecule has 3 atom stereocenters. The van der Waals surface area contributed by atoms with Gasteiger partial charge < -0.3 is 9.94 Å². The van der Waals surface area contributed by atoms with E-state index < -0.39 is 52.0 Å². The van der Waals surface area contributed by atoms with Crippen LogP contribution in [0.3, 0.4) is 0 Å². The van der Waals surface area contributed by atoms with Crippen molar-refractivity contribution in [3.63, 3.8) is 0 Å². The summed E-state index contributed by atoms with van der Waals surface area (Å²) in [5.41, 5.74) is 0.490. The lowest BCUT2D eigenvalue weighted by molar-refractivity contribution is -0.713. The second-order valence-electron chi connectivity index (χ2n) is 10.2. The van der Waals surface area contributed by atoms with E-state index in [1.165, 1.54) is 26.1 Å². The van der Waals surface area contributed by atoms with Crippen LogP contribution in [0.1, 0.15) is 45.4 Å². The Bertz CT molecular complexity index is 1640. The Morgan fingerprint density at radius 2 is 1.73 bits per heavy atom. The molecule has 0 radical (unpaired) electrons. The number of nitrogens with one attached hydrogen (secondary N) is 1. The summed E-state index contributed by atoms with van der Waals surface area (Å²) >= 11 is 0. The van der Waals surface area contributed by atoms with Crippen LogP contribution in [-0.4, -0.2) is 59.4 Å². The molecule has 244 valence electrons. The first kappa shape index (κ1) is 34.8. The number of ether oxygens (including phenoxy) is 1. The number of halogens is 3. The zero-order valence-electron chi connectivity index (χ0n) is 25.3. The number of aryl methyl sites for hydroxylation is 1. The van der Waals surface area contributed by atoms with Gasteiger partial charge in [-0.15, -0.1) is 5.01 Å². The molecule has 0 aliphatic carbocycles. The summed E-state index contributed by atoms with van der Waals surface area (Å²) in [7, 11) is -3.31. The smallest absolute Gasteiger partial charge is 0.435 e. The van der Waals surface area contributed by atoms with Crippen molar-refractivity contribution < 1.29 is 45.7 Å². The number of hydrogen-bond acceptors (Lipinski definition) is 9. The number of sulfonamides is 1. The van der Waals surface area contributed by atoms with E-state index in [1.54, 1.807) is 38.1 Å². The molecule has 1 amide bonds. The zero-order valence-corrected chi connectivity index (χ0v) is 26.1. The molecule has 0 saturated heterocycles. The number of aromatic nitrogens is 2. The van der Waals surface area contributed by atoms with Crippen LogP contribution >= 0.6 is 0 Å². The van der Waals surface area contributed by atoms with Crippen LogP contribution in [0, 0.1) is 18.0 Å². The highest BCUT2D eigenvalue weighted by Crippen LogP contribution is 2.33.